The molecular weight excluding hydrogens is 276 g/mol. The zero-order valence-corrected chi connectivity index (χ0v) is 12.5. The van der Waals surface area contributed by atoms with Gasteiger partial charge in [0.2, 0.25) is 11.8 Å². The average molecular weight is 295 g/mol. The van der Waals surface area contributed by atoms with Crippen molar-refractivity contribution in [3.8, 4) is 0 Å². The normalized spacial score (nSPS) is 13.9. The Morgan fingerprint density at radius 2 is 2.10 bits per heavy atom. The number of benzene rings is 1. The molecule has 1 aliphatic rings. The van der Waals surface area contributed by atoms with Crippen LogP contribution < -0.4 is 5.32 Å². The Hall–Kier alpha value is -1.55. The highest BCUT2D eigenvalue weighted by atomic mass is 35.5. The molecule has 5 heteroatoms. The van der Waals surface area contributed by atoms with Gasteiger partial charge in [-0.1, -0.05) is 17.7 Å². The lowest BCUT2D eigenvalue weighted by molar-refractivity contribution is -0.129. The second-order valence-corrected chi connectivity index (χ2v) is 5.64. The molecule has 0 aliphatic heterocycles. The number of carbonyl (C=O) groups excluding carboxylic acids is 2. The van der Waals surface area contributed by atoms with Gasteiger partial charge in [0.25, 0.3) is 0 Å². The van der Waals surface area contributed by atoms with E-state index in [4.69, 9.17) is 11.6 Å². The van der Waals surface area contributed by atoms with Crippen molar-refractivity contribution in [1.82, 2.24) is 4.90 Å². The van der Waals surface area contributed by atoms with Crippen molar-refractivity contribution in [2.24, 2.45) is 0 Å². The Morgan fingerprint density at radius 3 is 2.70 bits per heavy atom. The molecular formula is C15H19ClN2O2. The molecule has 0 saturated heterocycles. The molecule has 2 rings (SSSR count). The van der Waals surface area contributed by atoms with Gasteiger partial charge < -0.3 is 10.2 Å². The molecule has 1 aromatic carbocycles. The quantitative estimate of drug-likeness (QED) is 0.907. The van der Waals surface area contributed by atoms with Crippen LogP contribution in [0.3, 0.4) is 0 Å². The highest BCUT2D eigenvalue weighted by molar-refractivity contribution is 6.31. The molecule has 4 nitrogen and oxygen atoms in total. The molecule has 1 N–H and O–H groups in total. The van der Waals surface area contributed by atoms with Gasteiger partial charge in [-0.3, -0.25) is 9.59 Å². The van der Waals surface area contributed by atoms with E-state index in [1.54, 1.807) is 24.0 Å². The van der Waals surface area contributed by atoms with Crippen LogP contribution in [0.2, 0.25) is 5.02 Å². The van der Waals surface area contributed by atoms with Crippen molar-refractivity contribution >= 4 is 29.1 Å². The van der Waals surface area contributed by atoms with Crippen molar-refractivity contribution in [1.29, 1.82) is 0 Å². The summed E-state index contributed by atoms with van der Waals surface area (Å²) in [4.78, 5) is 25.2. The first kappa shape index (κ1) is 14.9. The van der Waals surface area contributed by atoms with E-state index in [0.717, 1.165) is 24.1 Å². The van der Waals surface area contributed by atoms with Crippen LogP contribution in [-0.2, 0) is 9.59 Å². The Kier molecular flexibility index (Phi) is 4.65. The van der Waals surface area contributed by atoms with Crippen LogP contribution in [0.15, 0.2) is 18.2 Å². The summed E-state index contributed by atoms with van der Waals surface area (Å²) >= 11 is 5.91. The summed E-state index contributed by atoms with van der Waals surface area (Å²) in [6, 6.07) is 5.73. The second kappa shape index (κ2) is 6.27. The van der Waals surface area contributed by atoms with Crippen molar-refractivity contribution < 1.29 is 9.59 Å². The fourth-order valence-corrected chi connectivity index (χ4v) is 2.32. The van der Waals surface area contributed by atoms with Crippen molar-refractivity contribution in [3.63, 3.8) is 0 Å². The van der Waals surface area contributed by atoms with Gasteiger partial charge in [-0.15, -0.1) is 0 Å². The Bertz CT molecular complexity index is 527. The molecule has 20 heavy (non-hydrogen) atoms. The minimum absolute atomic E-state index is 0.0410. The maximum absolute atomic E-state index is 12.0. The standard InChI is InChI=1S/C15H19ClN2O2/c1-10-3-4-12(16)9-14(10)17-15(20)7-8-18(11(2)19)13-5-6-13/h3-4,9,13H,5-8H2,1-2H3,(H,17,20). The molecule has 0 radical (unpaired) electrons. The van der Waals surface area contributed by atoms with Gasteiger partial charge in [0.15, 0.2) is 0 Å². The predicted octanol–water partition coefficient (Wildman–Crippen LogP) is 2.99. The molecule has 0 atom stereocenters. The van der Waals surface area contributed by atoms with Crippen LogP contribution in [-0.4, -0.2) is 29.3 Å². The summed E-state index contributed by atoms with van der Waals surface area (Å²) in [6.45, 7) is 3.95. The van der Waals surface area contributed by atoms with E-state index in [0.29, 0.717) is 24.0 Å². The van der Waals surface area contributed by atoms with Crippen LogP contribution in [0.4, 0.5) is 5.69 Å². The molecule has 1 aromatic rings. The summed E-state index contributed by atoms with van der Waals surface area (Å²) in [6.07, 6.45) is 2.41. The summed E-state index contributed by atoms with van der Waals surface area (Å²) < 4.78 is 0. The van der Waals surface area contributed by atoms with Gasteiger partial charge in [0, 0.05) is 36.6 Å². The van der Waals surface area contributed by atoms with Gasteiger partial charge in [0.1, 0.15) is 0 Å². The van der Waals surface area contributed by atoms with E-state index in [1.807, 2.05) is 13.0 Å². The third-order valence-electron chi connectivity index (χ3n) is 3.45. The topological polar surface area (TPSA) is 49.4 Å². The molecule has 1 saturated carbocycles. The predicted molar refractivity (Wildman–Crippen MR) is 79.8 cm³/mol. The fourth-order valence-electron chi connectivity index (χ4n) is 2.15. The smallest absolute Gasteiger partial charge is 0.226 e. The molecule has 108 valence electrons. The SMILES string of the molecule is CC(=O)N(CCC(=O)Nc1cc(Cl)ccc1C)C1CC1. The lowest BCUT2D eigenvalue weighted by Crippen LogP contribution is -2.33. The van der Waals surface area contributed by atoms with Crippen molar-refractivity contribution in [2.45, 2.75) is 39.2 Å². The van der Waals surface area contributed by atoms with E-state index in [2.05, 4.69) is 5.32 Å². The highest BCUT2D eigenvalue weighted by Crippen LogP contribution is 2.27. The first-order chi connectivity index (χ1) is 9.47. The number of halogens is 1. The fraction of sp³-hybridized carbons (Fsp3) is 0.467. The van der Waals surface area contributed by atoms with Crippen molar-refractivity contribution in [2.75, 3.05) is 11.9 Å². The number of rotatable bonds is 5. The zero-order chi connectivity index (χ0) is 14.7. The van der Waals surface area contributed by atoms with E-state index in [9.17, 15) is 9.59 Å². The Labute approximate surface area is 124 Å². The number of carbonyl (C=O) groups is 2. The number of nitrogens with one attached hydrogen (secondary N) is 1. The summed E-state index contributed by atoms with van der Waals surface area (Å²) in [7, 11) is 0. The Balaban J connectivity index is 1.88. The third-order valence-corrected chi connectivity index (χ3v) is 3.68. The minimum atomic E-state index is -0.0951. The number of amides is 2. The molecule has 0 spiro atoms. The molecule has 0 heterocycles. The zero-order valence-electron chi connectivity index (χ0n) is 11.8. The average Bonchev–Trinajstić information content (AvgIpc) is 3.18. The largest absolute Gasteiger partial charge is 0.339 e. The second-order valence-electron chi connectivity index (χ2n) is 5.20. The first-order valence-corrected chi connectivity index (χ1v) is 7.18. The van der Waals surface area contributed by atoms with Gasteiger partial charge in [-0.25, -0.2) is 0 Å². The number of hydrogen-bond acceptors (Lipinski definition) is 2. The number of nitrogens with zero attached hydrogens (tertiary/aromatic N) is 1. The lowest BCUT2D eigenvalue weighted by Gasteiger charge is -2.20. The first-order valence-electron chi connectivity index (χ1n) is 6.80. The van der Waals surface area contributed by atoms with Gasteiger partial charge >= 0.3 is 0 Å². The lowest BCUT2D eigenvalue weighted by atomic mass is 10.2. The minimum Gasteiger partial charge on any atom is -0.339 e. The third kappa shape index (κ3) is 3.97. The monoisotopic (exact) mass is 294 g/mol. The summed E-state index contributed by atoms with van der Waals surface area (Å²) in [5.41, 5.74) is 1.69. The molecule has 2 amide bonds. The van der Waals surface area contributed by atoms with Gasteiger partial charge in [-0.2, -0.15) is 0 Å². The van der Waals surface area contributed by atoms with Crippen LogP contribution >= 0.6 is 11.6 Å². The number of aryl methyl sites for hydroxylation is 1. The van der Waals surface area contributed by atoms with Crippen LogP contribution in [0.1, 0.15) is 31.7 Å². The van der Waals surface area contributed by atoms with Crippen LogP contribution in [0.25, 0.3) is 0 Å². The molecule has 0 aromatic heterocycles. The summed E-state index contributed by atoms with van der Waals surface area (Å²) in [5.74, 6) is -0.0542. The molecule has 0 unspecified atom stereocenters. The molecule has 1 fully saturated rings. The Morgan fingerprint density at radius 1 is 1.40 bits per heavy atom. The van der Waals surface area contributed by atoms with E-state index in [-0.39, 0.29) is 11.8 Å². The van der Waals surface area contributed by atoms with Crippen LogP contribution in [0, 0.1) is 6.92 Å². The van der Waals surface area contributed by atoms with Crippen LogP contribution in [0.5, 0.6) is 0 Å². The maximum atomic E-state index is 12.0. The maximum Gasteiger partial charge on any atom is 0.226 e. The molecule has 0 bridgehead atoms. The number of anilines is 1. The van der Waals surface area contributed by atoms with E-state index in [1.165, 1.54) is 0 Å². The number of hydrogen-bond donors (Lipinski definition) is 1. The summed E-state index contributed by atoms with van der Waals surface area (Å²) in [5, 5.41) is 3.44. The van der Waals surface area contributed by atoms with Crippen molar-refractivity contribution in [3.05, 3.63) is 28.8 Å². The van der Waals surface area contributed by atoms with Gasteiger partial charge in [-0.05, 0) is 37.5 Å². The highest BCUT2D eigenvalue weighted by Gasteiger charge is 2.30. The van der Waals surface area contributed by atoms with Gasteiger partial charge in [0.05, 0.1) is 0 Å². The van der Waals surface area contributed by atoms with E-state index >= 15 is 0 Å². The van der Waals surface area contributed by atoms with E-state index < -0.39 is 0 Å². The molecule has 1 aliphatic carbocycles.